The van der Waals surface area contributed by atoms with Crippen molar-refractivity contribution in [2.45, 2.75) is 13.0 Å². The Morgan fingerprint density at radius 3 is 2.45 bits per heavy atom. The van der Waals surface area contributed by atoms with Crippen LogP contribution in [0.3, 0.4) is 0 Å². The minimum absolute atomic E-state index is 0.0110. The molecule has 0 spiro atoms. The number of hydrogen-bond acceptors (Lipinski definition) is 4. The number of aldehydes is 1. The van der Waals surface area contributed by atoms with E-state index in [1.54, 1.807) is 0 Å². The fraction of sp³-hybridized carbons (Fsp3) is 0.214. The second-order valence-corrected chi connectivity index (χ2v) is 5.15. The molecule has 104 valence electrons. The van der Waals surface area contributed by atoms with Crippen LogP contribution in [0.5, 0.6) is 0 Å². The van der Waals surface area contributed by atoms with Gasteiger partial charge in [-0.2, -0.15) is 0 Å². The topological polar surface area (TPSA) is 46.1 Å². The van der Waals surface area contributed by atoms with Gasteiger partial charge >= 0.3 is 0 Å². The molecule has 2 aromatic rings. The highest BCUT2D eigenvalue weighted by Crippen LogP contribution is 2.28. The second kappa shape index (κ2) is 6.20. The largest absolute Gasteiger partial charge is 0.352 e. The lowest BCUT2D eigenvalue weighted by Crippen LogP contribution is -2.24. The number of carbonyl (C=O) groups excluding carboxylic acids is 1. The highest BCUT2D eigenvalue weighted by Gasteiger charge is 2.18. The van der Waals surface area contributed by atoms with Crippen molar-refractivity contribution in [2.75, 3.05) is 11.9 Å². The molecule has 1 unspecified atom stereocenters. The summed E-state index contributed by atoms with van der Waals surface area (Å²) in [6.45, 7) is 2.01. The fourth-order valence-electron chi connectivity index (χ4n) is 1.90. The minimum Gasteiger partial charge on any atom is -0.352 e. The molecule has 1 aromatic heterocycles. The molecule has 0 N–H and O–H groups in total. The zero-order chi connectivity index (χ0) is 14.7. The third kappa shape index (κ3) is 2.92. The van der Waals surface area contributed by atoms with Crippen LogP contribution in [0.4, 0.5) is 5.82 Å². The van der Waals surface area contributed by atoms with Crippen molar-refractivity contribution < 1.29 is 4.79 Å². The third-order valence-electron chi connectivity index (χ3n) is 3.20. The van der Waals surface area contributed by atoms with Crippen molar-refractivity contribution in [3.05, 3.63) is 51.9 Å². The van der Waals surface area contributed by atoms with Crippen LogP contribution in [-0.2, 0) is 0 Å². The number of carbonyl (C=O) groups is 1. The summed E-state index contributed by atoms with van der Waals surface area (Å²) < 4.78 is 0. The van der Waals surface area contributed by atoms with Gasteiger partial charge in [0.25, 0.3) is 0 Å². The van der Waals surface area contributed by atoms with E-state index in [9.17, 15) is 4.79 Å². The predicted molar refractivity (Wildman–Crippen MR) is 80.7 cm³/mol. The maximum absolute atomic E-state index is 11.1. The SMILES string of the molecule is CC(c1ccc(Cl)cc1)N(C)c1ncnc(Cl)c1C=O. The van der Waals surface area contributed by atoms with E-state index in [4.69, 9.17) is 23.2 Å². The third-order valence-corrected chi connectivity index (χ3v) is 3.75. The van der Waals surface area contributed by atoms with Crippen LogP contribution >= 0.6 is 23.2 Å². The molecule has 2 rings (SSSR count). The van der Waals surface area contributed by atoms with E-state index in [2.05, 4.69) is 9.97 Å². The van der Waals surface area contributed by atoms with Gasteiger partial charge in [0.2, 0.25) is 0 Å². The Bertz CT molecular complexity index is 616. The lowest BCUT2D eigenvalue weighted by atomic mass is 10.1. The van der Waals surface area contributed by atoms with Gasteiger partial charge in [-0.05, 0) is 24.6 Å². The summed E-state index contributed by atoms with van der Waals surface area (Å²) in [6.07, 6.45) is 2.01. The molecule has 0 bridgehead atoms. The van der Waals surface area contributed by atoms with Gasteiger partial charge in [0.05, 0.1) is 11.6 Å². The van der Waals surface area contributed by atoms with Crippen LogP contribution in [0.1, 0.15) is 28.9 Å². The molecule has 0 radical (unpaired) electrons. The van der Waals surface area contributed by atoms with Gasteiger partial charge in [-0.15, -0.1) is 0 Å². The molecular weight excluding hydrogens is 297 g/mol. The number of aromatic nitrogens is 2. The molecule has 0 aliphatic heterocycles. The summed E-state index contributed by atoms with van der Waals surface area (Å²) in [5.41, 5.74) is 1.35. The fourth-order valence-corrected chi connectivity index (χ4v) is 2.19. The van der Waals surface area contributed by atoms with Gasteiger partial charge in [0.1, 0.15) is 17.3 Å². The number of nitrogens with zero attached hydrogens (tertiary/aromatic N) is 3. The lowest BCUT2D eigenvalue weighted by Gasteiger charge is -2.27. The molecule has 1 atom stereocenters. The average Bonchev–Trinajstić information content (AvgIpc) is 2.46. The molecule has 6 heteroatoms. The van der Waals surface area contributed by atoms with Gasteiger partial charge in [0.15, 0.2) is 6.29 Å². The molecule has 0 fully saturated rings. The van der Waals surface area contributed by atoms with Crippen molar-refractivity contribution in [1.82, 2.24) is 9.97 Å². The molecule has 0 saturated carbocycles. The van der Waals surface area contributed by atoms with Gasteiger partial charge in [-0.1, -0.05) is 35.3 Å². The molecule has 1 heterocycles. The zero-order valence-electron chi connectivity index (χ0n) is 11.0. The predicted octanol–water partition coefficient (Wildman–Crippen LogP) is 3.79. The van der Waals surface area contributed by atoms with Crippen LogP contribution in [-0.4, -0.2) is 23.3 Å². The molecule has 20 heavy (non-hydrogen) atoms. The number of anilines is 1. The van der Waals surface area contributed by atoms with E-state index in [0.717, 1.165) is 5.56 Å². The molecule has 0 amide bonds. The molecule has 0 saturated heterocycles. The molecule has 0 aliphatic rings. The van der Waals surface area contributed by atoms with Crippen molar-refractivity contribution in [1.29, 1.82) is 0 Å². The highest BCUT2D eigenvalue weighted by atomic mass is 35.5. The van der Waals surface area contributed by atoms with Crippen LogP contribution < -0.4 is 4.90 Å². The minimum atomic E-state index is 0.0110. The lowest BCUT2D eigenvalue weighted by molar-refractivity contribution is 0.112. The maximum atomic E-state index is 11.1. The molecular formula is C14H13Cl2N3O. The van der Waals surface area contributed by atoms with Crippen LogP contribution in [0, 0.1) is 0 Å². The Kier molecular flexibility index (Phi) is 4.57. The van der Waals surface area contributed by atoms with Crippen LogP contribution in [0.25, 0.3) is 0 Å². The maximum Gasteiger partial charge on any atom is 0.156 e. The summed E-state index contributed by atoms with van der Waals surface area (Å²) >= 11 is 11.8. The molecule has 1 aromatic carbocycles. The van der Waals surface area contributed by atoms with Crippen molar-refractivity contribution in [3.8, 4) is 0 Å². The normalized spacial score (nSPS) is 12.0. The van der Waals surface area contributed by atoms with Crippen molar-refractivity contribution >= 4 is 35.3 Å². The highest BCUT2D eigenvalue weighted by molar-refractivity contribution is 6.32. The molecule has 0 aliphatic carbocycles. The number of halogens is 2. The Balaban J connectivity index is 2.35. The van der Waals surface area contributed by atoms with Crippen LogP contribution in [0.15, 0.2) is 30.6 Å². The van der Waals surface area contributed by atoms with Gasteiger partial charge in [0, 0.05) is 12.1 Å². The van der Waals surface area contributed by atoms with Crippen molar-refractivity contribution in [2.24, 2.45) is 0 Å². The first-order valence-corrected chi connectivity index (χ1v) is 6.74. The second-order valence-electron chi connectivity index (χ2n) is 4.36. The van der Waals surface area contributed by atoms with E-state index in [0.29, 0.717) is 17.1 Å². The summed E-state index contributed by atoms with van der Waals surface area (Å²) in [7, 11) is 1.85. The van der Waals surface area contributed by atoms with E-state index in [1.807, 2.05) is 43.1 Å². The summed E-state index contributed by atoms with van der Waals surface area (Å²) in [4.78, 5) is 21.0. The summed E-state index contributed by atoms with van der Waals surface area (Å²) in [5.74, 6) is 0.502. The van der Waals surface area contributed by atoms with E-state index in [1.165, 1.54) is 6.33 Å². The zero-order valence-corrected chi connectivity index (χ0v) is 12.6. The smallest absolute Gasteiger partial charge is 0.156 e. The average molecular weight is 310 g/mol. The van der Waals surface area contributed by atoms with Gasteiger partial charge in [-0.25, -0.2) is 9.97 Å². The summed E-state index contributed by atoms with van der Waals surface area (Å²) in [5, 5.41) is 0.836. The van der Waals surface area contributed by atoms with Crippen molar-refractivity contribution in [3.63, 3.8) is 0 Å². The number of rotatable bonds is 4. The number of hydrogen-bond donors (Lipinski definition) is 0. The summed E-state index contributed by atoms with van der Waals surface area (Å²) in [6, 6.07) is 7.54. The van der Waals surface area contributed by atoms with Gasteiger partial charge < -0.3 is 4.90 Å². The molecule has 4 nitrogen and oxygen atoms in total. The monoisotopic (exact) mass is 309 g/mol. The van der Waals surface area contributed by atoms with Gasteiger partial charge in [-0.3, -0.25) is 4.79 Å². The van der Waals surface area contributed by atoms with E-state index < -0.39 is 0 Å². The standard InChI is InChI=1S/C14H13Cl2N3O/c1-9(10-3-5-11(15)6-4-10)19(2)14-12(7-20)13(16)17-8-18-14/h3-9H,1-2H3. The quantitative estimate of drug-likeness (QED) is 0.636. The Labute approximate surface area is 127 Å². The van der Waals surface area contributed by atoms with E-state index >= 15 is 0 Å². The van der Waals surface area contributed by atoms with E-state index in [-0.39, 0.29) is 16.8 Å². The number of benzene rings is 1. The first-order valence-electron chi connectivity index (χ1n) is 5.98. The Morgan fingerprint density at radius 2 is 1.85 bits per heavy atom. The Morgan fingerprint density at radius 1 is 1.20 bits per heavy atom. The first-order chi connectivity index (χ1) is 9.54. The first kappa shape index (κ1) is 14.8. The Hall–Kier alpha value is -1.65. The van der Waals surface area contributed by atoms with Crippen LogP contribution in [0.2, 0.25) is 10.2 Å².